The molecular formula is C12H17NOS. The topological polar surface area (TPSA) is 29.1 Å². The smallest absolute Gasteiger partial charge is 0.221 e. The van der Waals surface area contributed by atoms with Gasteiger partial charge in [-0.25, -0.2) is 0 Å². The van der Waals surface area contributed by atoms with Gasteiger partial charge in [0.05, 0.1) is 0 Å². The Bertz CT molecular complexity index is 349. The fourth-order valence-electron chi connectivity index (χ4n) is 1.30. The lowest BCUT2D eigenvalue weighted by molar-refractivity contribution is -0.120. The summed E-state index contributed by atoms with van der Waals surface area (Å²) in [6.45, 7) is 4.76. The molecule has 0 aliphatic rings. The molecule has 15 heavy (non-hydrogen) atoms. The third kappa shape index (κ3) is 3.96. The van der Waals surface area contributed by atoms with Crippen molar-refractivity contribution in [1.29, 1.82) is 0 Å². The van der Waals surface area contributed by atoms with Crippen molar-refractivity contribution in [3.05, 3.63) is 34.9 Å². The van der Waals surface area contributed by atoms with Gasteiger partial charge in [-0.05, 0) is 36.3 Å². The molecule has 1 N–H and O–H groups in total. The van der Waals surface area contributed by atoms with Crippen LogP contribution in [0.3, 0.4) is 0 Å². The average molecular weight is 223 g/mol. The lowest BCUT2D eigenvalue weighted by Gasteiger charge is -2.06. The second kappa shape index (κ2) is 5.81. The van der Waals surface area contributed by atoms with E-state index in [9.17, 15) is 4.79 Å². The number of nitrogens with one attached hydrogen (secondary N) is 1. The van der Waals surface area contributed by atoms with Crippen molar-refractivity contribution < 1.29 is 4.79 Å². The Labute approximate surface area is 96.5 Å². The number of aryl methyl sites for hydroxylation is 2. The molecule has 0 aliphatic carbocycles. The molecule has 3 heteroatoms. The molecule has 82 valence electrons. The van der Waals surface area contributed by atoms with Crippen molar-refractivity contribution in [2.45, 2.75) is 26.8 Å². The maximum absolute atomic E-state index is 11.2. The Balaban J connectivity index is 2.51. The van der Waals surface area contributed by atoms with Crippen LogP contribution in [0.15, 0.2) is 18.2 Å². The van der Waals surface area contributed by atoms with Gasteiger partial charge in [0.15, 0.2) is 0 Å². The highest BCUT2D eigenvalue weighted by molar-refractivity contribution is 7.80. The first-order valence-corrected chi connectivity index (χ1v) is 5.70. The van der Waals surface area contributed by atoms with E-state index in [1.807, 2.05) is 6.07 Å². The molecule has 0 aromatic heterocycles. The lowest BCUT2D eigenvalue weighted by Crippen LogP contribution is -2.22. The van der Waals surface area contributed by atoms with E-state index in [0.29, 0.717) is 18.7 Å². The number of hydrogen-bond acceptors (Lipinski definition) is 2. The summed E-state index contributed by atoms with van der Waals surface area (Å²) in [5.41, 5.74) is 3.68. The molecule has 0 heterocycles. The van der Waals surface area contributed by atoms with E-state index < -0.39 is 0 Å². The zero-order valence-corrected chi connectivity index (χ0v) is 10.1. The van der Waals surface area contributed by atoms with Crippen LogP contribution >= 0.6 is 12.6 Å². The minimum atomic E-state index is 0.0585. The predicted octanol–water partition coefficient (Wildman–Crippen LogP) is 2.24. The fraction of sp³-hybridized carbons (Fsp3) is 0.417. The van der Waals surface area contributed by atoms with Crippen LogP contribution in [0.1, 0.15) is 23.1 Å². The van der Waals surface area contributed by atoms with Gasteiger partial charge in [0.25, 0.3) is 0 Å². The van der Waals surface area contributed by atoms with Crippen molar-refractivity contribution in [2.75, 3.05) is 5.75 Å². The molecule has 0 aliphatic heterocycles. The second-order valence-electron chi connectivity index (χ2n) is 3.67. The molecule has 1 aromatic rings. The summed E-state index contributed by atoms with van der Waals surface area (Å²) in [5, 5.41) is 2.86. The van der Waals surface area contributed by atoms with Gasteiger partial charge in [-0.3, -0.25) is 4.79 Å². The fourth-order valence-corrected chi connectivity index (χ4v) is 1.51. The van der Waals surface area contributed by atoms with Crippen LogP contribution in [-0.2, 0) is 11.3 Å². The first-order chi connectivity index (χ1) is 7.13. The molecule has 1 rings (SSSR count). The van der Waals surface area contributed by atoms with Crippen molar-refractivity contribution >= 4 is 18.5 Å². The van der Waals surface area contributed by atoms with E-state index in [4.69, 9.17) is 0 Å². The van der Waals surface area contributed by atoms with Crippen LogP contribution in [0.4, 0.5) is 0 Å². The summed E-state index contributed by atoms with van der Waals surface area (Å²) in [5.74, 6) is 0.655. The Morgan fingerprint density at radius 3 is 2.67 bits per heavy atom. The van der Waals surface area contributed by atoms with Crippen LogP contribution < -0.4 is 5.32 Å². The molecule has 1 amide bonds. The van der Waals surface area contributed by atoms with E-state index in [1.165, 1.54) is 11.1 Å². The number of rotatable bonds is 4. The van der Waals surface area contributed by atoms with Crippen LogP contribution in [-0.4, -0.2) is 11.7 Å². The Morgan fingerprint density at radius 1 is 1.33 bits per heavy atom. The van der Waals surface area contributed by atoms with Gasteiger partial charge < -0.3 is 5.32 Å². The standard InChI is InChI=1S/C12H17NOS/c1-9-3-4-11(7-10(9)2)8-13-12(14)5-6-15/h3-4,7,15H,5-6,8H2,1-2H3,(H,13,14). The minimum absolute atomic E-state index is 0.0585. The first-order valence-electron chi connectivity index (χ1n) is 5.07. The summed E-state index contributed by atoms with van der Waals surface area (Å²) in [6, 6.07) is 6.23. The minimum Gasteiger partial charge on any atom is -0.352 e. The van der Waals surface area contributed by atoms with E-state index in [0.717, 1.165) is 5.56 Å². The van der Waals surface area contributed by atoms with Crippen LogP contribution in [0, 0.1) is 13.8 Å². The second-order valence-corrected chi connectivity index (χ2v) is 4.12. The summed E-state index contributed by atoms with van der Waals surface area (Å²) in [7, 11) is 0. The third-order valence-corrected chi connectivity index (χ3v) is 2.62. The highest BCUT2D eigenvalue weighted by atomic mass is 32.1. The van der Waals surface area contributed by atoms with Crippen molar-refractivity contribution in [1.82, 2.24) is 5.32 Å². The predicted molar refractivity (Wildman–Crippen MR) is 66.2 cm³/mol. The molecule has 0 spiro atoms. The highest BCUT2D eigenvalue weighted by Gasteiger charge is 2.00. The molecule has 0 saturated heterocycles. The largest absolute Gasteiger partial charge is 0.352 e. The molecule has 0 bridgehead atoms. The van der Waals surface area contributed by atoms with Crippen LogP contribution in [0.2, 0.25) is 0 Å². The van der Waals surface area contributed by atoms with E-state index in [1.54, 1.807) is 0 Å². The number of carbonyl (C=O) groups is 1. The number of carbonyl (C=O) groups excluding carboxylic acids is 1. The summed E-state index contributed by atoms with van der Waals surface area (Å²) in [4.78, 5) is 11.2. The Morgan fingerprint density at radius 2 is 2.07 bits per heavy atom. The summed E-state index contributed by atoms with van der Waals surface area (Å²) >= 11 is 4.01. The molecule has 0 unspecified atom stereocenters. The molecule has 0 atom stereocenters. The number of benzene rings is 1. The Hall–Kier alpha value is -0.960. The van der Waals surface area contributed by atoms with Gasteiger partial charge in [-0.1, -0.05) is 18.2 Å². The van der Waals surface area contributed by atoms with Gasteiger partial charge in [-0.2, -0.15) is 12.6 Å². The zero-order chi connectivity index (χ0) is 11.3. The van der Waals surface area contributed by atoms with Gasteiger partial charge in [0.2, 0.25) is 5.91 Å². The van der Waals surface area contributed by atoms with Crippen molar-refractivity contribution in [3.63, 3.8) is 0 Å². The molecule has 1 aromatic carbocycles. The molecule has 0 radical (unpaired) electrons. The van der Waals surface area contributed by atoms with Gasteiger partial charge in [-0.15, -0.1) is 0 Å². The van der Waals surface area contributed by atoms with Crippen LogP contribution in [0.25, 0.3) is 0 Å². The molecular weight excluding hydrogens is 206 g/mol. The van der Waals surface area contributed by atoms with Gasteiger partial charge in [0.1, 0.15) is 0 Å². The number of thiol groups is 1. The number of hydrogen-bond donors (Lipinski definition) is 2. The third-order valence-electron chi connectivity index (χ3n) is 2.40. The molecule has 0 fully saturated rings. The van der Waals surface area contributed by atoms with Crippen molar-refractivity contribution in [2.24, 2.45) is 0 Å². The first kappa shape index (κ1) is 12.1. The average Bonchev–Trinajstić information content (AvgIpc) is 2.20. The monoisotopic (exact) mass is 223 g/mol. The van der Waals surface area contributed by atoms with E-state index >= 15 is 0 Å². The maximum Gasteiger partial charge on any atom is 0.221 e. The summed E-state index contributed by atoms with van der Waals surface area (Å²) in [6.07, 6.45) is 0.480. The van der Waals surface area contributed by atoms with Gasteiger partial charge >= 0.3 is 0 Å². The Kier molecular flexibility index (Phi) is 4.69. The highest BCUT2D eigenvalue weighted by Crippen LogP contribution is 2.09. The SMILES string of the molecule is Cc1ccc(CNC(=O)CCS)cc1C. The maximum atomic E-state index is 11.2. The molecule has 0 saturated carbocycles. The van der Waals surface area contributed by atoms with Crippen molar-refractivity contribution in [3.8, 4) is 0 Å². The van der Waals surface area contributed by atoms with Gasteiger partial charge in [0, 0.05) is 13.0 Å². The zero-order valence-electron chi connectivity index (χ0n) is 9.21. The van der Waals surface area contributed by atoms with Crippen LogP contribution in [0.5, 0.6) is 0 Å². The molecule has 2 nitrogen and oxygen atoms in total. The lowest BCUT2D eigenvalue weighted by atomic mass is 10.1. The van der Waals surface area contributed by atoms with E-state index in [-0.39, 0.29) is 5.91 Å². The normalized spacial score (nSPS) is 10.1. The number of amides is 1. The van der Waals surface area contributed by atoms with E-state index in [2.05, 4.69) is 43.9 Å². The quantitative estimate of drug-likeness (QED) is 0.753. The summed E-state index contributed by atoms with van der Waals surface area (Å²) < 4.78 is 0.